The fraction of sp³-hybridized carbons (Fsp3) is 1.00. The highest BCUT2D eigenvalue weighted by Gasteiger charge is 2.22. The fourth-order valence-corrected chi connectivity index (χ4v) is 4.17. The molecule has 0 aromatic carbocycles. The summed E-state index contributed by atoms with van der Waals surface area (Å²) in [5, 5.41) is 0.964. The highest BCUT2D eigenvalue weighted by molar-refractivity contribution is 8.10. The second-order valence-electron chi connectivity index (χ2n) is 2.26. The molecular formula is C6H13S2+. The largest absolute Gasteiger partial charge is 0.158 e. The summed E-state index contributed by atoms with van der Waals surface area (Å²) in [5.41, 5.74) is 0. The van der Waals surface area contributed by atoms with Crippen LogP contribution >= 0.6 is 11.8 Å². The van der Waals surface area contributed by atoms with Gasteiger partial charge in [0.1, 0.15) is 5.25 Å². The molecule has 0 bridgehead atoms. The maximum absolute atomic E-state index is 2.35. The molecule has 1 saturated heterocycles. The van der Waals surface area contributed by atoms with Gasteiger partial charge in [0.25, 0.3) is 0 Å². The molecule has 0 saturated carbocycles. The van der Waals surface area contributed by atoms with Crippen molar-refractivity contribution in [1.82, 2.24) is 0 Å². The number of hydrogen-bond donors (Lipinski definition) is 0. The first-order chi connectivity index (χ1) is 3.79. The Balaban J connectivity index is 2.23. The molecule has 0 nitrogen and oxygen atoms in total. The van der Waals surface area contributed by atoms with E-state index in [0.29, 0.717) is 0 Å². The molecule has 2 heteroatoms. The molecule has 48 valence electrons. The van der Waals surface area contributed by atoms with Crippen molar-refractivity contribution in [2.24, 2.45) is 0 Å². The van der Waals surface area contributed by atoms with Gasteiger partial charge in [-0.05, 0) is 25.6 Å². The van der Waals surface area contributed by atoms with E-state index in [1.807, 2.05) is 0 Å². The Hall–Kier alpha value is 0.700. The predicted molar refractivity (Wildman–Crippen MR) is 44.8 cm³/mol. The molecule has 0 spiro atoms. The third-order valence-corrected chi connectivity index (χ3v) is 4.31. The van der Waals surface area contributed by atoms with E-state index in [0.717, 1.165) is 9.83 Å². The van der Waals surface area contributed by atoms with Gasteiger partial charge in [-0.15, -0.1) is 11.8 Å². The zero-order valence-corrected chi connectivity index (χ0v) is 7.14. The third kappa shape index (κ3) is 1.90. The summed E-state index contributed by atoms with van der Waals surface area (Å²) in [7, 11) is 0. The molecule has 8 heavy (non-hydrogen) atoms. The average molecular weight is 149 g/mol. The lowest BCUT2D eigenvalue weighted by Crippen LogP contribution is -2.19. The zero-order valence-electron chi connectivity index (χ0n) is 5.42. The second-order valence-corrected chi connectivity index (χ2v) is 6.01. The van der Waals surface area contributed by atoms with Crippen molar-refractivity contribution in [2.45, 2.75) is 30.1 Å². The highest BCUT2D eigenvalue weighted by Crippen LogP contribution is 2.23. The minimum Gasteiger partial charge on any atom is -0.106 e. The fourth-order valence-electron chi connectivity index (χ4n) is 0.885. The normalized spacial score (nSPS) is 39.8. The third-order valence-electron chi connectivity index (χ3n) is 1.36. The summed E-state index contributed by atoms with van der Waals surface area (Å²) in [6.07, 6.45) is 1.43. The smallest absolute Gasteiger partial charge is 0.106 e. The maximum Gasteiger partial charge on any atom is 0.158 e. The van der Waals surface area contributed by atoms with Gasteiger partial charge >= 0.3 is 0 Å². The summed E-state index contributed by atoms with van der Waals surface area (Å²) < 4.78 is 0.902. The van der Waals surface area contributed by atoms with Crippen LogP contribution in [0.2, 0.25) is 0 Å². The quantitative estimate of drug-likeness (QED) is 0.373. The first-order valence-electron chi connectivity index (χ1n) is 3.10. The van der Waals surface area contributed by atoms with Crippen LogP contribution in [0.15, 0.2) is 0 Å². The van der Waals surface area contributed by atoms with Gasteiger partial charge < -0.3 is 0 Å². The lowest BCUT2D eigenvalue weighted by molar-refractivity contribution is 0.902. The molecule has 2 atom stereocenters. The van der Waals surface area contributed by atoms with E-state index in [4.69, 9.17) is 0 Å². The second kappa shape index (κ2) is 3.02. The van der Waals surface area contributed by atoms with E-state index in [-0.39, 0.29) is 0 Å². The zero-order chi connectivity index (χ0) is 5.98. The first-order valence-corrected chi connectivity index (χ1v) is 5.19. The van der Waals surface area contributed by atoms with E-state index in [1.165, 1.54) is 12.2 Å². The summed E-state index contributed by atoms with van der Waals surface area (Å²) in [6.45, 7) is 4.67. The lowest BCUT2D eigenvalue weighted by atomic mass is 10.4. The maximum atomic E-state index is 2.35. The number of thioether (sulfide) groups is 1. The minimum atomic E-state index is 0.902. The van der Waals surface area contributed by atoms with Gasteiger partial charge in [-0.3, -0.25) is 0 Å². The van der Waals surface area contributed by atoms with E-state index in [9.17, 15) is 0 Å². The molecule has 1 heterocycles. The van der Waals surface area contributed by atoms with Crippen LogP contribution in [0, 0.1) is 0 Å². The van der Waals surface area contributed by atoms with Gasteiger partial charge in [0.05, 0.1) is 0 Å². The topological polar surface area (TPSA) is 0 Å². The molecule has 0 radical (unpaired) electrons. The van der Waals surface area contributed by atoms with Gasteiger partial charge in [-0.1, -0.05) is 0 Å². The van der Waals surface area contributed by atoms with Crippen LogP contribution in [0.4, 0.5) is 0 Å². The van der Waals surface area contributed by atoms with Crippen LogP contribution < -0.4 is 0 Å². The van der Waals surface area contributed by atoms with E-state index in [1.54, 1.807) is 11.8 Å². The van der Waals surface area contributed by atoms with Gasteiger partial charge in [0.2, 0.25) is 0 Å². The number of rotatable bonds is 0. The molecule has 1 aliphatic heterocycles. The SMILES string of the molecule is CC1CCSC(C)[SH+]1. The first kappa shape index (κ1) is 6.81. The van der Waals surface area contributed by atoms with Crippen LogP contribution in [0.1, 0.15) is 20.3 Å². The molecule has 1 aliphatic rings. The van der Waals surface area contributed by atoms with E-state index >= 15 is 0 Å². The molecular weight excluding hydrogens is 136 g/mol. The monoisotopic (exact) mass is 149 g/mol. The molecule has 1 fully saturated rings. The predicted octanol–water partition coefficient (Wildman–Crippen LogP) is 1.67. The molecule has 0 N–H and O–H groups in total. The van der Waals surface area contributed by atoms with Crippen molar-refractivity contribution < 1.29 is 0 Å². The van der Waals surface area contributed by atoms with Crippen molar-refractivity contribution in [2.75, 3.05) is 5.75 Å². The van der Waals surface area contributed by atoms with Crippen molar-refractivity contribution >= 4 is 23.5 Å². The van der Waals surface area contributed by atoms with E-state index in [2.05, 4.69) is 25.6 Å². The van der Waals surface area contributed by atoms with Crippen molar-refractivity contribution in [1.29, 1.82) is 0 Å². The van der Waals surface area contributed by atoms with E-state index < -0.39 is 0 Å². The molecule has 0 aliphatic carbocycles. The Bertz CT molecular complexity index is 64.9. The molecule has 0 aromatic heterocycles. The Labute approximate surface area is 59.8 Å². The van der Waals surface area contributed by atoms with Gasteiger partial charge in [0.15, 0.2) is 4.58 Å². The Morgan fingerprint density at radius 1 is 1.50 bits per heavy atom. The summed E-state index contributed by atoms with van der Waals surface area (Å²) in [5.74, 6) is 1.38. The van der Waals surface area contributed by atoms with Crippen molar-refractivity contribution in [3.8, 4) is 0 Å². The Morgan fingerprint density at radius 3 is 2.62 bits per heavy atom. The summed E-state index contributed by atoms with van der Waals surface area (Å²) in [4.78, 5) is 0. The number of thiol groups is 1. The highest BCUT2D eigenvalue weighted by atomic mass is 32.2. The lowest BCUT2D eigenvalue weighted by Gasteiger charge is -2.14. The van der Waals surface area contributed by atoms with Crippen LogP contribution in [0.25, 0.3) is 0 Å². The van der Waals surface area contributed by atoms with Crippen LogP contribution in [0.5, 0.6) is 0 Å². The molecule has 1 rings (SSSR count). The van der Waals surface area contributed by atoms with Gasteiger partial charge in [-0.2, -0.15) is 0 Å². The van der Waals surface area contributed by atoms with Crippen LogP contribution in [-0.2, 0) is 11.8 Å². The van der Waals surface area contributed by atoms with Crippen molar-refractivity contribution in [3.63, 3.8) is 0 Å². The number of hydrogen-bond acceptors (Lipinski definition) is 1. The minimum absolute atomic E-state index is 0.902. The Kier molecular flexibility index (Phi) is 2.57. The summed E-state index contributed by atoms with van der Waals surface area (Å²) >= 11 is 3.77. The Morgan fingerprint density at radius 2 is 2.25 bits per heavy atom. The van der Waals surface area contributed by atoms with Gasteiger partial charge in [0, 0.05) is 12.2 Å². The van der Waals surface area contributed by atoms with Gasteiger partial charge in [-0.25, -0.2) is 0 Å². The average Bonchev–Trinajstić information content (AvgIpc) is 1.64. The molecule has 0 aromatic rings. The van der Waals surface area contributed by atoms with Crippen molar-refractivity contribution in [3.05, 3.63) is 0 Å². The summed E-state index contributed by atoms with van der Waals surface area (Å²) in [6, 6.07) is 0. The molecule has 2 unspecified atom stereocenters. The van der Waals surface area contributed by atoms with Crippen LogP contribution in [0.3, 0.4) is 0 Å². The standard InChI is InChI=1S/C6H12S2/c1-5-3-4-7-6(2)8-5/h5-6H,3-4H2,1-2H3/p+1. The van der Waals surface area contributed by atoms with Crippen LogP contribution in [-0.4, -0.2) is 15.6 Å². The molecule has 0 amide bonds.